The molecule has 0 saturated carbocycles. The van der Waals surface area contributed by atoms with Crippen LogP contribution in [-0.2, 0) is 0 Å². The lowest BCUT2D eigenvalue weighted by Crippen LogP contribution is -2.20. The van der Waals surface area contributed by atoms with Crippen LogP contribution in [0.3, 0.4) is 0 Å². The number of methoxy groups -OCH3 is 1. The molecule has 0 saturated heterocycles. The van der Waals surface area contributed by atoms with Gasteiger partial charge in [-0.25, -0.2) is 0 Å². The predicted molar refractivity (Wildman–Crippen MR) is 105 cm³/mol. The fourth-order valence-corrected chi connectivity index (χ4v) is 4.15. The van der Waals surface area contributed by atoms with E-state index in [4.69, 9.17) is 19.9 Å². The van der Waals surface area contributed by atoms with E-state index in [1.54, 1.807) is 18.4 Å². The number of thiophene rings is 1. The normalized spacial score (nSPS) is 15.5. The highest BCUT2D eigenvalue weighted by Gasteiger charge is 2.36. The van der Waals surface area contributed by atoms with Crippen molar-refractivity contribution in [3.8, 4) is 34.7 Å². The number of ether oxygens (including phenoxy) is 3. The Balaban J connectivity index is 1.88. The number of hydrogen-bond donors (Lipinski definition) is 2. The molecule has 142 valence electrons. The number of nitriles is 1. The van der Waals surface area contributed by atoms with Gasteiger partial charge in [0.15, 0.2) is 11.5 Å². The standard InChI is InChI=1S/C20H18N4O3S/c1-3-26-13-7-6-11(9-14(13)25-2)18-17-16(15-5-4-8-28-15)12(10-21)19(22)27-20(17)24-23-18/h4-9,16H,3,22H2,1-2H3,(H,23,24)/t16-/m1/s1. The molecule has 3 N–H and O–H groups in total. The number of fused-ring (bicyclic) bond motifs is 1. The Kier molecular flexibility index (Phi) is 4.67. The molecule has 0 radical (unpaired) electrons. The molecule has 1 aromatic carbocycles. The third-order valence-corrected chi connectivity index (χ3v) is 5.46. The van der Waals surface area contributed by atoms with Crippen molar-refractivity contribution in [2.45, 2.75) is 12.8 Å². The van der Waals surface area contributed by atoms with Gasteiger partial charge in [-0.05, 0) is 36.6 Å². The van der Waals surface area contributed by atoms with Crippen molar-refractivity contribution >= 4 is 11.3 Å². The summed E-state index contributed by atoms with van der Waals surface area (Å²) in [5.41, 5.74) is 8.73. The van der Waals surface area contributed by atoms with E-state index < -0.39 is 0 Å². The van der Waals surface area contributed by atoms with Gasteiger partial charge >= 0.3 is 0 Å². The van der Waals surface area contributed by atoms with Crippen molar-refractivity contribution < 1.29 is 14.2 Å². The van der Waals surface area contributed by atoms with Crippen LogP contribution >= 0.6 is 11.3 Å². The number of nitrogens with zero attached hydrogens (tertiary/aromatic N) is 2. The maximum absolute atomic E-state index is 9.70. The van der Waals surface area contributed by atoms with Crippen LogP contribution in [0.4, 0.5) is 0 Å². The van der Waals surface area contributed by atoms with Gasteiger partial charge < -0.3 is 19.9 Å². The minimum atomic E-state index is -0.347. The molecular formula is C20H18N4O3S. The topological polar surface area (TPSA) is 106 Å². The average Bonchev–Trinajstić information content (AvgIpc) is 3.37. The highest BCUT2D eigenvalue weighted by molar-refractivity contribution is 7.10. The lowest BCUT2D eigenvalue weighted by molar-refractivity contribution is 0.311. The van der Waals surface area contributed by atoms with Gasteiger partial charge in [0.05, 0.1) is 30.9 Å². The Hall–Kier alpha value is -3.44. The molecule has 28 heavy (non-hydrogen) atoms. The summed E-state index contributed by atoms with van der Waals surface area (Å²) in [5.74, 6) is 1.38. The number of H-pyrrole nitrogens is 1. The maximum Gasteiger partial charge on any atom is 0.244 e. The molecule has 8 heteroatoms. The highest BCUT2D eigenvalue weighted by atomic mass is 32.1. The number of aromatic amines is 1. The number of hydrogen-bond acceptors (Lipinski definition) is 7. The predicted octanol–water partition coefficient (Wildman–Crippen LogP) is 3.76. The Bertz CT molecular complexity index is 1080. The summed E-state index contributed by atoms with van der Waals surface area (Å²) in [7, 11) is 1.60. The first-order chi connectivity index (χ1) is 13.7. The van der Waals surface area contributed by atoms with E-state index in [0.717, 1.165) is 21.7 Å². The highest BCUT2D eigenvalue weighted by Crippen LogP contribution is 2.47. The molecule has 7 nitrogen and oxygen atoms in total. The quantitative estimate of drug-likeness (QED) is 0.682. The van der Waals surface area contributed by atoms with E-state index in [9.17, 15) is 5.26 Å². The fourth-order valence-electron chi connectivity index (χ4n) is 3.30. The van der Waals surface area contributed by atoms with Crippen LogP contribution in [0.2, 0.25) is 0 Å². The first-order valence-electron chi connectivity index (χ1n) is 8.68. The zero-order chi connectivity index (χ0) is 19.7. The molecule has 0 spiro atoms. The Morgan fingerprint density at radius 1 is 1.36 bits per heavy atom. The summed E-state index contributed by atoms with van der Waals surface area (Å²) in [6, 6.07) is 11.8. The lowest BCUT2D eigenvalue weighted by atomic mass is 9.87. The molecule has 4 rings (SSSR count). The van der Waals surface area contributed by atoms with Crippen molar-refractivity contribution in [2.24, 2.45) is 5.73 Å². The van der Waals surface area contributed by atoms with Crippen molar-refractivity contribution in [3.05, 3.63) is 57.6 Å². The number of rotatable bonds is 5. The van der Waals surface area contributed by atoms with Crippen molar-refractivity contribution in [2.75, 3.05) is 13.7 Å². The SMILES string of the molecule is CCOc1ccc(-c2[nH]nc3c2[C@@H](c2cccs2)C(C#N)=C(N)O3)cc1OC. The Morgan fingerprint density at radius 2 is 2.21 bits per heavy atom. The van der Waals surface area contributed by atoms with Crippen LogP contribution in [0.25, 0.3) is 11.3 Å². The Labute approximate surface area is 166 Å². The Morgan fingerprint density at radius 3 is 2.89 bits per heavy atom. The monoisotopic (exact) mass is 394 g/mol. The molecule has 1 atom stereocenters. The lowest BCUT2D eigenvalue weighted by Gasteiger charge is -2.23. The van der Waals surface area contributed by atoms with Crippen molar-refractivity contribution in [1.29, 1.82) is 5.26 Å². The first-order valence-corrected chi connectivity index (χ1v) is 9.56. The molecule has 2 aromatic heterocycles. The van der Waals surface area contributed by atoms with Gasteiger partial charge in [0.2, 0.25) is 11.8 Å². The van der Waals surface area contributed by atoms with Crippen LogP contribution < -0.4 is 19.9 Å². The van der Waals surface area contributed by atoms with E-state index in [1.807, 2.05) is 42.6 Å². The smallest absolute Gasteiger partial charge is 0.244 e. The van der Waals surface area contributed by atoms with Gasteiger partial charge in [-0.2, -0.15) is 5.26 Å². The van der Waals surface area contributed by atoms with Crippen LogP contribution in [0.1, 0.15) is 23.3 Å². The van der Waals surface area contributed by atoms with Crippen molar-refractivity contribution in [1.82, 2.24) is 10.2 Å². The average molecular weight is 394 g/mol. The van der Waals surface area contributed by atoms with E-state index >= 15 is 0 Å². The van der Waals surface area contributed by atoms with E-state index in [2.05, 4.69) is 16.3 Å². The van der Waals surface area contributed by atoms with Crippen molar-refractivity contribution in [3.63, 3.8) is 0 Å². The van der Waals surface area contributed by atoms with E-state index in [1.165, 1.54) is 0 Å². The number of allylic oxidation sites excluding steroid dienone is 1. The largest absolute Gasteiger partial charge is 0.493 e. The third-order valence-electron chi connectivity index (χ3n) is 4.52. The molecule has 3 heterocycles. The van der Waals surface area contributed by atoms with Gasteiger partial charge in [-0.1, -0.05) is 6.07 Å². The number of nitrogens with two attached hydrogens (primary N) is 1. The molecule has 0 unspecified atom stereocenters. The minimum absolute atomic E-state index is 0.0794. The summed E-state index contributed by atoms with van der Waals surface area (Å²) in [6.45, 7) is 2.46. The first kappa shape index (κ1) is 17.9. The molecule has 0 aliphatic carbocycles. The van der Waals surface area contributed by atoms with Gasteiger partial charge in [-0.3, -0.25) is 5.10 Å². The zero-order valence-electron chi connectivity index (χ0n) is 15.4. The molecule has 0 amide bonds. The van der Waals surface area contributed by atoms with E-state index in [0.29, 0.717) is 29.6 Å². The summed E-state index contributed by atoms with van der Waals surface area (Å²) in [5, 5.41) is 19.0. The molecule has 1 aliphatic heterocycles. The third kappa shape index (κ3) is 2.86. The molecule has 0 bridgehead atoms. The summed E-state index contributed by atoms with van der Waals surface area (Å²) >= 11 is 1.56. The second-order valence-corrected chi connectivity index (χ2v) is 7.04. The minimum Gasteiger partial charge on any atom is -0.493 e. The van der Waals surface area contributed by atoms with Gasteiger partial charge in [0.25, 0.3) is 0 Å². The number of benzene rings is 1. The molecule has 3 aromatic rings. The van der Waals surface area contributed by atoms with Gasteiger partial charge in [0, 0.05) is 10.4 Å². The second kappa shape index (κ2) is 7.29. The zero-order valence-corrected chi connectivity index (χ0v) is 16.2. The second-order valence-electron chi connectivity index (χ2n) is 6.06. The van der Waals surface area contributed by atoms with Crippen LogP contribution in [0.5, 0.6) is 17.4 Å². The molecular weight excluding hydrogens is 376 g/mol. The van der Waals surface area contributed by atoms with Crippen LogP contribution in [-0.4, -0.2) is 23.9 Å². The summed E-state index contributed by atoms with van der Waals surface area (Å²) in [4.78, 5) is 0.990. The summed E-state index contributed by atoms with van der Waals surface area (Å²) < 4.78 is 16.7. The number of nitrogens with one attached hydrogen (secondary N) is 1. The molecule has 1 aliphatic rings. The fraction of sp³-hybridized carbons (Fsp3) is 0.200. The van der Waals surface area contributed by atoms with Crippen LogP contribution in [0, 0.1) is 11.3 Å². The number of aromatic nitrogens is 2. The maximum atomic E-state index is 9.70. The van der Waals surface area contributed by atoms with E-state index in [-0.39, 0.29) is 11.8 Å². The molecule has 0 fully saturated rings. The van der Waals surface area contributed by atoms with Gasteiger partial charge in [0.1, 0.15) is 11.6 Å². The van der Waals surface area contributed by atoms with Gasteiger partial charge in [-0.15, -0.1) is 16.4 Å². The van der Waals surface area contributed by atoms with Crippen LogP contribution in [0.15, 0.2) is 47.2 Å². The summed E-state index contributed by atoms with van der Waals surface area (Å²) in [6.07, 6.45) is 0.